The van der Waals surface area contributed by atoms with Gasteiger partial charge in [-0.05, 0) is 13.0 Å². The molecular formula is C11H14N2O. The van der Waals surface area contributed by atoms with Crippen LogP contribution in [0.15, 0.2) is 18.3 Å². The van der Waals surface area contributed by atoms with E-state index in [1.54, 1.807) is 19.2 Å². The zero-order chi connectivity index (χ0) is 10.6. The number of aliphatic hydroxyl groups excluding tert-OH is 1. The molecule has 0 aliphatic heterocycles. The van der Waals surface area contributed by atoms with Crippen LogP contribution in [0.25, 0.3) is 0 Å². The second-order valence-electron chi connectivity index (χ2n) is 3.15. The van der Waals surface area contributed by atoms with E-state index in [0.29, 0.717) is 6.54 Å². The number of rotatable bonds is 3. The Morgan fingerprint density at radius 1 is 1.71 bits per heavy atom. The van der Waals surface area contributed by atoms with Gasteiger partial charge in [0.15, 0.2) is 0 Å². The lowest BCUT2D eigenvalue weighted by Crippen LogP contribution is -2.20. The van der Waals surface area contributed by atoms with Crippen molar-refractivity contribution >= 4 is 5.82 Å². The second-order valence-corrected chi connectivity index (χ2v) is 3.15. The fourth-order valence-corrected chi connectivity index (χ4v) is 1.27. The summed E-state index contributed by atoms with van der Waals surface area (Å²) in [6, 6.07) is 3.65. The first-order chi connectivity index (χ1) is 6.66. The minimum absolute atomic E-state index is 0.483. The van der Waals surface area contributed by atoms with E-state index in [1.807, 2.05) is 18.0 Å². The number of aliphatic hydroxyl groups is 1. The molecule has 14 heavy (non-hydrogen) atoms. The summed E-state index contributed by atoms with van der Waals surface area (Å²) in [4.78, 5) is 6.02. The fraction of sp³-hybridized carbons (Fsp3) is 0.364. The molecule has 3 nitrogen and oxygen atoms in total. The van der Waals surface area contributed by atoms with Gasteiger partial charge < -0.3 is 10.0 Å². The lowest BCUT2D eigenvalue weighted by atomic mass is 10.1. The van der Waals surface area contributed by atoms with E-state index in [-0.39, 0.29) is 0 Å². The molecule has 1 aromatic rings. The third-order valence-electron chi connectivity index (χ3n) is 1.96. The number of terminal acetylenes is 1. The Bertz CT molecular complexity index is 341. The Morgan fingerprint density at radius 2 is 2.43 bits per heavy atom. The first-order valence-electron chi connectivity index (χ1n) is 4.44. The average Bonchev–Trinajstić information content (AvgIpc) is 2.18. The van der Waals surface area contributed by atoms with Crippen molar-refractivity contribution in [1.29, 1.82) is 0 Å². The van der Waals surface area contributed by atoms with Crippen molar-refractivity contribution in [3.05, 3.63) is 23.9 Å². The zero-order valence-corrected chi connectivity index (χ0v) is 8.44. The molecule has 0 aliphatic carbocycles. The lowest BCUT2D eigenvalue weighted by Gasteiger charge is -2.19. The van der Waals surface area contributed by atoms with Crippen LogP contribution in [0.3, 0.4) is 0 Å². The van der Waals surface area contributed by atoms with Gasteiger partial charge in [0, 0.05) is 18.8 Å². The standard InChI is InChI=1S/C11H14N2O/c1-4-8-13(3)11-10(9(2)14)6-5-7-12-11/h1,5-7,9,14H,8H2,2-3H3/t9-/m1/s1. The van der Waals surface area contributed by atoms with Crippen LogP contribution in [0.5, 0.6) is 0 Å². The molecule has 0 amide bonds. The van der Waals surface area contributed by atoms with Crippen molar-refractivity contribution in [3.8, 4) is 12.3 Å². The normalized spacial score (nSPS) is 11.9. The van der Waals surface area contributed by atoms with Crippen LogP contribution in [-0.4, -0.2) is 23.7 Å². The molecule has 0 aliphatic rings. The van der Waals surface area contributed by atoms with Crippen LogP contribution in [0.1, 0.15) is 18.6 Å². The Labute approximate surface area is 84.4 Å². The summed E-state index contributed by atoms with van der Waals surface area (Å²) >= 11 is 0. The van der Waals surface area contributed by atoms with Gasteiger partial charge in [-0.25, -0.2) is 4.98 Å². The maximum atomic E-state index is 9.50. The third-order valence-corrected chi connectivity index (χ3v) is 1.96. The summed E-state index contributed by atoms with van der Waals surface area (Å²) in [5.74, 6) is 3.27. The molecule has 1 rings (SSSR count). The van der Waals surface area contributed by atoms with E-state index >= 15 is 0 Å². The van der Waals surface area contributed by atoms with Gasteiger partial charge in [-0.1, -0.05) is 12.0 Å². The number of nitrogens with zero attached hydrogens (tertiary/aromatic N) is 2. The molecule has 0 bridgehead atoms. The molecule has 1 N–H and O–H groups in total. The smallest absolute Gasteiger partial charge is 0.134 e. The van der Waals surface area contributed by atoms with Crippen LogP contribution in [0.4, 0.5) is 5.82 Å². The predicted molar refractivity (Wildman–Crippen MR) is 57.0 cm³/mol. The van der Waals surface area contributed by atoms with Gasteiger partial charge in [0.1, 0.15) is 5.82 Å². The Kier molecular flexibility index (Phi) is 3.49. The molecule has 1 atom stereocenters. The monoisotopic (exact) mass is 190 g/mol. The maximum absolute atomic E-state index is 9.50. The highest BCUT2D eigenvalue weighted by Gasteiger charge is 2.11. The molecule has 0 unspecified atom stereocenters. The van der Waals surface area contributed by atoms with E-state index in [9.17, 15) is 5.11 Å². The van der Waals surface area contributed by atoms with Crippen LogP contribution in [0.2, 0.25) is 0 Å². The molecular weight excluding hydrogens is 176 g/mol. The van der Waals surface area contributed by atoms with Gasteiger partial charge in [-0.15, -0.1) is 6.42 Å². The highest BCUT2D eigenvalue weighted by Crippen LogP contribution is 2.22. The number of hydrogen-bond donors (Lipinski definition) is 1. The molecule has 0 aromatic carbocycles. The number of anilines is 1. The summed E-state index contributed by atoms with van der Waals surface area (Å²) in [5, 5.41) is 9.50. The largest absolute Gasteiger partial charge is 0.389 e. The SMILES string of the molecule is C#CCN(C)c1ncccc1[C@@H](C)O. The molecule has 1 aromatic heterocycles. The quantitative estimate of drug-likeness (QED) is 0.728. The predicted octanol–water partition coefficient (Wildman–Crippen LogP) is 1.20. The highest BCUT2D eigenvalue weighted by atomic mass is 16.3. The molecule has 74 valence electrons. The van der Waals surface area contributed by atoms with E-state index in [2.05, 4.69) is 10.9 Å². The van der Waals surface area contributed by atoms with Crippen molar-refractivity contribution in [3.63, 3.8) is 0 Å². The summed E-state index contributed by atoms with van der Waals surface area (Å²) in [7, 11) is 1.86. The molecule has 0 saturated carbocycles. The van der Waals surface area contributed by atoms with E-state index in [4.69, 9.17) is 6.42 Å². The third kappa shape index (κ3) is 2.24. The molecule has 0 radical (unpaired) electrons. The highest BCUT2D eigenvalue weighted by molar-refractivity contribution is 5.47. The minimum atomic E-state index is -0.529. The zero-order valence-electron chi connectivity index (χ0n) is 8.44. The van der Waals surface area contributed by atoms with Gasteiger partial charge in [0.2, 0.25) is 0 Å². The maximum Gasteiger partial charge on any atom is 0.134 e. The van der Waals surface area contributed by atoms with Gasteiger partial charge >= 0.3 is 0 Å². The van der Waals surface area contributed by atoms with E-state index < -0.39 is 6.10 Å². The van der Waals surface area contributed by atoms with Crippen LogP contribution in [-0.2, 0) is 0 Å². The summed E-state index contributed by atoms with van der Waals surface area (Å²) in [6.07, 6.45) is 6.37. The first-order valence-corrected chi connectivity index (χ1v) is 4.44. The number of hydrogen-bond acceptors (Lipinski definition) is 3. The second kappa shape index (κ2) is 4.64. The lowest BCUT2D eigenvalue weighted by molar-refractivity contribution is 0.199. The molecule has 0 saturated heterocycles. The summed E-state index contributed by atoms with van der Waals surface area (Å²) in [6.45, 7) is 2.20. The Balaban J connectivity index is 3.01. The average molecular weight is 190 g/mol. The number of aromatic nitrogens is 1. The van der Waals surface area contributed by atoms with Crippen LogP contribution in [0, 0.1) is 12.3 Å². The van der Waals surface area contributed by atoms with E-state index in [0.717, 1.165) is 11.4 Å². The van der Waals surface area contributed by atoms with Crippen molar-refractivity contribution in [2.75, 3.05) is 18.5 Å². The topological polar surface area (TPSA) is 36.4 Å². The molecule has 1 heterocycles. The molecule has 0 fully saturated rings. The molecule has 3 heteroatoms. The number of pyridine rings is 1. The van der Waals surface area contributed by atoms with Gasteiger partial charge in [-0.2, -0.15) is 0 Å². The molecule has 0 spiro atoms. The first kappa shape index (κ1) is 10.6. The van der Waals surface area contributed by atoms with E-state index in [1.165, 1.54) is 0 Å². The summed E-state index contributed by atoms with van der Waals surface area (Å²) < 4.78 is 0. The van der Waals surface area contributed by atoms with Crippen molar-refractivity contribution in [2.24, 2.45) is 0 Å². The Hall–Kier alpha value is -1.53. The van der Waals surface area contributed by atoms with Crippen molar-refractivity contribution in [1.82, 2.24) is 4.98 Å². The Morgan fingerprint density at radius 3 is 3.00 bits per heavy atom. The fourth-order valence-electron chi connectivity index (χ4n) is 1.27. The van der Waals surface area contributed by atoms with Crippen molar-refractivity contribution in [2.45, 2.75) is 13.0 Å². The van der Waals surface area contributed by atoms with Crippen LogP contribution < -0.4 is 4.90 Å². The minimum Gasteiger partial charge on any atom is -0.389 e. The van der Waals surface area contributed by atoms with Crippen molar-refractivity contribution < 1.29 is 5.11 Å². The van der Waals surface area contributed by atoms with Crippen LogP contribution >= 0.6 is 0 Å². The van der Waals surface area contributed by atoms with Gasteiger partial charge in [-0.3, -0.25) is 0 Å². The van der Waals surface area contributed by atoms with Gasteiger partial charge in [0.25, 0.3) is 0 Å². The van der Waals surface area contributed by atoms with Gasteiger partial charge in [0.05, 0.1) is 12.6 Å². The summed E-state index contributed by atoms with van der Waals surface area (Å²) in [5.41, 5.74) is 0.797.